The smallest absolute Gasteiger partial charge is 0.261 e. The minimum absolute atomic E-state index is 0.00583. The van der Waals surface area contributed by atoms with E-state index in [0.717, 1.165) is 25.7 Å². The molecule has 0 spiro atoms. The predicted octanol–water partition coefficient (Wildman–Crippen LogP) is 4.03. The Bertz CT molecular complexity index is 638. The van der Waals surface area contributed by atoms with Crippen LogP contribution in [-0.2, 0) is 13.8 Å². The maximum Gasteiger partial charge on any atom is 0.261 e. The number of nitrogens with one attached hydrogen (secondary N) is 1. The quantitative estimate of drug-likeness (QED) is 0.837. The molecule has 0 aliphatic heterocycles. The van der Waals surface area contributed by atoms with Crippen LogP contribution in [0.15, 0.2) is 23.1 Å². The Hall–Kier alpha value is -0.780. The fourth-order valence-electron chi connectivity index (χ4n) is 2.51. The topological polar surface area (TPSA) is 63.2 Å². The van der Waals surface area contributed by atoms with Gasteiger partial charge in [0.2, 0.25) is 5.91 Å². The molecule has 1 aromatic carbocycles. The molecule has 1 saturated carbocycles. The Morgan fingerprint density at radius 3 is 2.38 bits per heavy atom. The highest BCUT2D eigenvalue weighted by molar-refractivity contribution is 8.13. The van der Waals surface area contributed by atoms with Crippen molar-refractivity contribution in [3.63, 3.8) is 0 Å². The van der Waals surface area contributed by atoms with Crippen LogP contribution >= 0.6 is 22.3 Å². The maximum absolute atomic E-state index is 12.2. The highest BCUT2D eigenvalue weighted by atomic mass is 35.7. The summed E-state index contributed by atoms with van der Waals surface area (Å²) in [6.45, 7) is 2.19. The summed E-state index contributed by atoms with van der Waals surface area (Å²) in [6, 6.07) is 4.02. The van der Waals surface area contributed by atoms with E-state index < -0.39 is 9.05 Å². The molecule has 2 rings (SSSR count). The second-order valence-electron chi connectivity index (χ2n) is 5.53. The van der Waals surface area contributed by atoms with Gasteiger partial charge >= 0.3 is 0 Å². The number of anilines is 1. The van der Waals surface area contributed by atoms with Gasteiger partial charge in [-0.3, -0.25) is 4.79 Å². The summed E-state index contributed by atoms with van der Waals surface area (Å²) in [5.74, 6) is 0.602. The van der Waals surface area contributed by atoms with Crippen molar-refractivity contribution in [2.24, 2.45) is 11.8 Å². The summed E-state index contributed by atoms with van der Waals surface area (Å²) in [6.07, 6.45) is 3.85. The first-order chi connectivity index (χ1) is 9.77. The van der Waals surface area contributed by atoms with Crippen molar-refractivity contribution in [2.75, 3.05) is 5.32 Å². The van der Waals surface area contributed by atoms with Crippen LogP contribution in [0.2, 0.25) is 5.02 Å². The fourth-order valence-corrected chi connectivity index (χ4v) is 3.58. The molecule has 0 atom stereocenters. The zero-order chi connectivity index (χ0) is 15.6. The number of amides is 1. The van der Waals surface area contributed by atoms with E-state index in [4.69, 9.17) is 22.3 Å². The van der Waals surface area contributed by atoms with Crippen molar-refractivity contribution in [2.45, 2.75) is 37.5 Å². The maximum atomic E-state index is 12.2. The average Bonchev–Trinajstić information content (AvgIpc) is 2.40. The van der Waals surface area contributed by atoms with E-state index in [9.17, 15) is 13.2 Å². The molecular weight excluding hydrogens is 333 g/mol. The van der Waals surface area contributed by atoms with E-state index >= 15 is 0 Å². The van der Waals surface area contributed by atoms with Gasteiger partial charge in [-0.2, -0.15) is 0 Å². The largest absolute Gasteiger partial charge is 0.325 e. The molecule has 1 aliphatic rings. The zero-order valence-electron chi connectivity index (χ0n) is 11.6. The van der Waals surface area contributed by atoms with Crippen LogP contribution in [-0.4, -0.2) is 14.3 Å². The van der Waals surface area contributed by atoms with E-state index in [-0.39, 0.29) is 21.7 Å². The third-order valence-electron chi connectivity index (χ3n) is 3.87. The van der Waals surface area contributed by atoms with Crippen molar-refractivity contribution in [3.05, 3.63) is 23.2 Å². The third-order valence-corrected chi connectivity index (χ3v) is 5.53. The van der Waals surface area contributed by atoms with Gasteiger partial charge in [-0.05, 0) is 49.8 Å². The monoisotopic (exact) mass is 349 g/mol. The van der Waals surface area contributed by atoms with Crippen molar-refractivity contribution >= 4 is 42.9 Å². The Balaban J connectivity index is 2.08. The lowest BCUT2D eigenvalue weighted by Crippen LogP contribution is -2.26. The second-order valence-corrected chi connectivity index (χ2v) is 8.50. The number of halogens is 2. The molecule has 1 N–H and O–H groups in total. The van der Waals surface area contributed by atoms with Gasteiger partial charge in [0, 0.05) is 16.6 Å². The fraction of sp³-hybridized carbons (Fsp3) is 0.500. The molecule has 0 unspecified atom stereocenters. The molecule has 0 saturated heterocycles. The first-order valence-corrected chi connectivity index (χ1v) is 9.51. The minimum Gasteiger partial charge on any atom is -0.325 e. The van der Waals surface area contributed by atoms with Gasteiger partial charge in [0.25, 0.3) is 9.05 Å². The third kappa shape index (κ3) is 4.34. The second kappa shape index (κ2) is 6.55. The summed E-state index contributed by atoms with van der Waals surface area (Å²) in [4.78, 5) is 12.1. The van der Waals surface area contributed by atoms with Gasteiger partial charge in [0.05, 0.1) is 15.6 Å². The molecular formula is C14H17Cl2NO3S. The van der Waals surface area contributed by atoms with Crippen molar-refractivity contribution in [1.82, 2.24) is 0 Å². The van der Waals surface area contributed by atoms with E-state index in [1.54, 1.807) is 0 Å². The summed E-state index contributed by atoms with van der Waals surface area (Å²) in [7, 11) is 1.43. The van der Waals surface area contributed by atoms with E-state index in [1.807, 2.05) is 0 Å². The molecule has 1 fully saturated rings. The Morgan fingerprint density at radius 2 is 1.86 bits per heavy atom. The molecule has 0 radical (unpaired) electrons. The minimum atomic E-state index is -3.82. The molecule has 4 nitrogen and oxygen atoms in total. The van der Waals surface area contributed by atoms with E-state index in [0.29, 0.717) is 11.6 Å². The number of carbonyl (C=O) groups excluding carboxylic acids is 1. The van der Waals surface area contributed by atoms with Crippen molar-refractivity contribution in [1.29, 1.82) is 0 Å². The highest BCUT2D eigenvalue weighted by Gasteiger charge is 2.25. The molecule has 1 amide bonds. The highest BCUT2D eigenvalue weighted by Crippen LogP contribution is 2.31. The molecule has 0 heterocycles. The number of hydrogen-bond donors (Lipinski definition) is 1. The molecule has 1 aromatic rings. The zero-order valence-corrected chi connectivity index (χ0v) is 13.9. The van der Waals surface area contributed by atoms with Gasteiger partial charge in [-0.15, -0.1) is 0 Å². The van der Waals surface area contributed by atoms with E-state index in [1.165, 1.54) is 18.2 Å². The predicted molar refractivity (Wildman–Crippen MR) is 84.2 cm³/mol. The van der Waals surface area contributed by atoms with Crippen LogP contribution in [0.4, 0.5) is 5.69 Å². The Morgan fingerprint density at radius 1 is 1.24 bits per heavy atom. The number of benzene rings is 1. The lowest BCUT2D eigenvalue weighted by atomic mass is 9.82. The number of hydrogen-bond acceptors (Lipinski definition) is 3. The lowest BCUT2D eigenvalue weighted by Gasteiger charge is -2.25. The summed E-state index contributed by atoms with van der Waals surface area (Å²) >= 11 is 6.00. The standard InChI is InChI=1S/C14H17Cl2NO3S/c1-9-2-4-10(5-3-9)14(18)17-13-7-6-11(8-12(13)15)21(16,19)20/h6-10H,2-5H2,1H3,(H,17,18). The molecule has 0 bridgehead atoms. The van der Waals surface area contributed by atoms with Gasteiger partial charge < -0.3 is 5.32 Å². The van der Waals surface area contributed by atoms with Crippen LogP contribution in [0.25, 0.3) is 0 Å². The molecule has 21 heavy (non-hydrogen) atoms. The summed E-state index contributed by atoms with van der Waals surface area (Å²) in [5, 5.41) is 2.93. The van der Waals surface area contributed by atoms with Gasteiger partial charge in [0.1, 0.15) is 0 Å². The normalized spacial score (nSPS) is 22.8. The van der Waals surface area contributed by atoms with Gasteiger partial charge in [-0.1, -0.05) is 18.5 Å². The van der Waals surface area contributed by atoms with Gasteiger partial charge in [0.15, 0.2) is 0 Å². The van der Waals surface area contributed by atoms with E-state index in [2.05, 4.69) is 12.2 Å². The van der Waals surface area contributed by atoms with Crippen LogP contribution < -0.4 is 5.32 Å². The summed E-state index contributed by atoms with van der Waals surface area (Å²) < 4.78 is 22.4. The SMILES string of the molecule is CC1CCC(C(=O)Nc2ccc(S(=O)(=O)Cl)cc2Cl)CC1. The van der Waals surface area contributed by atoms with Crippen LogP contribution in [0, 0.1) is 11.8 Å². The first-order valence-electron chi connectivity index (χ1n) is 6.82. The Kier molecular flexibility index (Phi) is 5.17. The lowest BCUT2D eigenvalue weighted by molar-refractivity contribution is -0.121. The Labute approximate surface area is 134 Å². The van der Waals surface area contributed by atoms with Crippen molar-refractivity contribution < 1.29 is 13.2 Å². The average molecular weight is 350 g/mol. The summed E-state index contributed by atoms with van der Waals surface area (Å²) in [5.41, 5.74) is 0.407. The van der Waals surface area contributed by atoms with Crippen LogP contribution in [0.1, 0.15) is 32.6 Å². The van der Waals surface area contributed by atoms with Crippen LogP contribution in [0.5, 0.6) is 0 Å². The molecule has 1 aliphatic carbocycles. The number of carbonyl (C=O) groups is 1. The van der Waals surface area contributed by atoms with Gasteiger partial charge in [-0.25, -0.2) is 8.42 Å². The molecule has 0 aromatic heterocycles. The first kappa shape index (κ1) is 16.6. The molecule has 116 valence electrons. The van der Waals surface area contributed by atoms with Crippen molar-refractivity contribution in [3.8, 4) is 0 Å². The number of rotatable bonds is 3. The molecule has 7 heteroatoms. The van der Waals surface area contributed by atoms with Crippen LogP contribution in [0.3, 0.4) is 0 Å².